The number of carbonyl (C=O) groups is 3. The number of thiophene rings is 1. The lowest BCUT2D eigenvalue weighted by molar-refractivity contribution is 0.0479. The lowest BCUT2D eigenvalue weighted by Crippen LogP contribution is -2.14. The van der Waals surface area contributed by atoms with Crippen molar-refractivity contribution in [1.29, 1.82) is 0 Å². The van der Waals surface area contributed by atoms with E-state index >= 15 is 0 Å². The molecule has 0 saturated heterocycles. The van der Waals surface area contributed by atoms with Crippen molar-refractivity contribution >= 4 is 34.0 Å². The highest BCUT2D eigenvalue weighted by Gasteiger charge is 2.17. The molecular formula is C20H17NO5S. The first kappa shape index (κ1) is 18.6. The molecule has 1 amide bonds. The number of ketones is 1. The lowest BCUT2D eigenvalue weighted by atomic mass is 10.0. The van der Waals surface area contributed by atoms with E-state index in [1.165, 1.54) is 18.4 Å². The Balaban J connectivity index is 1.58. The van der Waals surface area contributed by atoms with Gasteiger partial charge in [-0.2, -0.15) is 0 Å². The molecular weight excluding hydrogens is 366 g/mol. The summed E-state index contributed by atoms with van der Waals surface area (Å²) < 4.78 is 10.1. The highest BCUT2D eigenvalue weighted by molar-refractivity contribution is 7.18. The number of anilines is 1. The normalized spacial score (nSPS) is 10.4. The number of esters is 1. The van der Waals surface area contributed by atoms with Gasteiger partial charge in [0.1, 0.15) is 4.88 Å². The second-order valence-electron chi connectivity index (χ2n) is 5.91. The summed E-state index contributed by atoms with van der Waals surface area (Å²) in [6.45, 7) is 3.39. The van der Waals surface area contributed by atoms with Crippen LogP contribution in [0.1, 0.15) is 41.7 Å². The summed E-state index contributed by atoms with van der Waals surface area (Å²) >= 11 is 1.06. The molecule has 6 nitrogen and oxygen atoms in total. The Morgan fingerprint density at radius 2 is 1.93 bits per heavy atom. The zero-order valence-electron chi connectivity index (χ0n) is 14.8. The van der Waals surface area contributed by atoms with Crippen molar-refractivity contribution in [2.75, 3.05) is 11.9 Å². The second kappa shape index (κ2) is 8.01. The van der Waals surface area contributed by atoms with Gasteiger partial charge in [-0.3, -0.25) is 9.59 Å². The van der Waals surface area contributed by atoms with E-state index in [0.717, 1.165) is 22.5 Å². The number of ether oxygens (including phenoxy) is 1. The van der Waals surface area contributed by atoms with Crippen LogP contribution in [-0.2, 0) is 4.74 Å². The average molecular weight is 383 g/mol. The van der Waals surface area contributed by atoms with Crippen LogP contribution in [-0.4, -0.2) is 24.3 Å². The van der Waals surface area contributed by atoms with Gasteiger partial charge in [-0.15, -0.1) is 11.3 Å². The van der Waals surface area contributed by atoms with Gasteiger partial charge >= 0.3 is 5.97 Å². The SMILES string of the molecule is Cc1ccc(C)c(C(=O)COC(=O)c2ccc(NC(=O)c3ccco3)s2)c1. The second-order valence-corrected chi connectivity index (χ2v) is 7.00. The number of rotatable bonds is 6. The van der Waals surface area contributed by atoms with Crippen molar-refractivity contribution in [1.82, 2.24) is 0 Å². The molecule has 0 saturated carbocycles. The van der Waals surface area contributed by atoms with Crippen LogP contribution in [0.5, 0.6) is 0 Å². The summed E-state index contributed by atoms with van der Waals surface area (Å²) in [5, 5.41) is 3.11. The van der Waals surface area contributed by atoms with Crippen LogP contribution in [0, 0.1) is 13.8 Å². The average Bonchev–Trinajstić information content (AvgIpc) is 3.33. The lowest BCUT2D eigenvalue weighted by Gasteiger charge is -2.07. The van der Waals surface area contributed by atoms with Crippen molar-refractivity contribution in [2.24, 2.45) is 0 Å². The van der Waals surface area contributed by atoms with Crippen LogP contribution < -0.4 is 5.32 Å². The van der Waals surface area contributed by atoms with Crippen molar-refractivity contribution in [2.45, 2.75) is 13.8 Å². The van der Waals surface area contributed by atoms with E-state index < -0.39 is 11.9 Å². The quantitative estimate of drug-likeness (QED) is 0.508. The van der Waals surface area contributed by atoms with Crippen molar-refractivity contribution in [3.8, 4) is 0 Å². The van der Waals surface area contributed by atoms with Crippen molar-refractivity contribution in [3.63, 3.8) is 0 Å². The fraction of sp³-hybridized carbons (Fsp3) is 0.150. The van der Waals surface area contributed by atoms with E-state index in [1.54, 1.807) is 18.2 Å². The highest BCUT2D eigenvalue weighted by atomic mass is 32.1. The first-order valence-electron chi connectivity index (χ1n) is 8.16. The van der Waals surface area contributed by atoms with Crippen molar-refractivity contribution < 1.29 is 23.5 Å². The summed E-state index contributed by atoms with van der Waals surface area (Å²) in [6.07, 6.45) is 1.40. The number of amides is 1. The number of Topliss-reactive ketones (excluding diaryl/α,β-unsaturated/α-hetero) is 1. The number of hydrogen-bond acceptors (Lipinski definition) is 6. The van der Waals surface area contributed by atoms with Gasteiger partial charge in [-0.25, -0.2) is 4.79 Å². The first-order chi connectivity index (χ1) is 12.9. The zero-order chi connectivity index (χ0) is 19.4. The minimum Gasteiger partial charge on any atom is -0.459 e. The smallest absolute Gasteiger partial charge is 0.348 e. The molecule has 27 heavy (non-hydrogen) atoms. The molecule has 0 atom stereocenters. The number of aryl methyl sites for hydroxylation is 2. The Bertz CT molecular complexity index is 988. The van der Waals surface area contributed by atoms with E-state index in [-0.39, 0.29) is 18.2 Å². The van der Waals surface area contributed by atoms with Crippen LogP contribution in [0.4, 0.5) is 5.00 Å². The third kappa shape index (κ3) is 4.51. The molecule has 0 aliphatic rings. The maximum atomic E-state index is 12.3. The summed E-state index contributed by atoms with van der Waals surface area (Å²) in [6, 6.07) is 11.8. The molecule has 138 valence electrons. The van der Waals surface area contributed by atoms with Crippen LogP contribution in [0.3, 0.4) is 0 Å². The number of furan rings is 1. The molecule has 1 N–H and O–H groups in total. The molecule has 7 heteroatoms. The summed E-state index contributed by atoms with van der Waals surface area (Å²) in [5.74, 6) is -1.11. The van der Waals surface area contributed by atoms with Gasteiger partial charge in [0, 0.05) is 5.56 Å². The highest BCUT2D eigenvalue weighted by Crippen LogP contribution is 2.23. The third-order valence-corrected chi connectivity index (χ3v) is 4.80. The Morgan fingerprint density at radius 1 is 1.11 bits per heavy atom. The van der Waals surface area contributed by atoms with Gasteiger partial charge in [-0.05, 0) is 49.7 Å². The molecule has 0 aliphatic heterocycles. The minimum absolute atomic E-state index is 0.173. The maximum absolute atomic E-state index is 12.3. The molecule has 2 heterocycles. The van der Waals surface area contributed by atoms with Crippen LogP contribution in [0.15, 0.2) is 53.1 Å². The fourth-order valence-corrected chi connectivity index (χ4v) is 3.21. The molecule has 0 aliphatic carbocycles. The van der Waals surface area contributed by atoms with E-state index in [0.29, 0.717) is 15.4 Å². The fourth-order valence-electron chi connectivity index (χ4n) is 2.41. The Labute approximate surface area is 159 Å². The standard InChI is InChI=1S/C20H17NO5S/c1-12-5-6-13(2)14(10-12)15(22)11-26-20(24)17-7-8-18(27-17)21-19(23)16-4-3-9-25-16/h3-10H,11H2,1-2H3,(H,21,23). The van der Waals surface area contributed by atoms with Crippen LogP contribution >= 0.6 is 11.3 Å². The zero-order valence-corrected chi connectivity index (χ0v) is 15.6. The van der Waals surface area contributed by atoms with E-state index in [9.17, 15) is 14.4 Å². The molecule has 1 aromatic carbocycles. The summed E-state index contributed by atoms with van der Waals surface area (Å²) in [4.78, 5) is 36.7. The monoisotopic (exact) mass is 383 g/mol. The topological polar surface area (TPSA) is 85.6 Å². The molecule has 3 aromatic rings. The molecule has 0 fully saturated rings. The van der Waals surface area contributed by atoms with Crippen molar-refractivity contribution in [3.05, 3.63) is 76.1 Å². The number of nitrogens with one attached hydrogen (secondary N) is 1. The predicted octanol–water partition coefficient (Wildman–Crippen LogP) is 4.25. The number of benzene rings is 1. The van der Waals surface area contributed by atoms with Crippen LogP contribution in [0.25, 0.3) is 0 Å². The Hall–Kier alpha value is -3.19. The van der Waals surface area contributed by atoms with Gasteiger partial charge in [0.15, 0.2) is 12.4 Å². The van der Waals surface area contributed by atoms with Gasteiger partial charge in [0.05, 0.1) is 11.3 Å². The van der Waals surface area contributed by atoms with Gasteiger partial charge in [-0.1, -0.05) is 17.7 Å². The molecule has 2 aromatic heterocycles. The van der Waals surface area contributed by atoms with E-state index in [2.05, 4.69) is 5.32 Å². The minimum atomic E-state index is -0.614. The summed E-state index contributed by atoms with van der Waals surface area (Å²) in [5.41, 5.74) is 2.34. The summed E-state index contributed by atoms with van der Waals surface area (Å²) in [7, 11) is 0. The van der Waals surface area contributed by atoms with E-state index in [1.807, 2.05) is 26.0 Å². The molecule has 0 radical (unpaired) electrons. The Morgan fingerprint density at radius 3 is 2.67 bits per heavy atom. The van der Waals surface area contributed by atoms with Gasteiger partial charge < -0.3 is 14.5 Å². The molecule has 0 unspecified atom stereocenters. The molecule has 0 bridgehead atoms. The van der Waals surface area contributed by atoms with Gasteiger partial charge in [0.25, 0.3) is 5.91 Å². The third-order valence-electron chi connectivity index (χ3n) is 3.82. The maximum Gasteiger partial charge on any atom is 0.348 e. The van der Waals surface area contributed by atoms with Crippen LogP contribution in [0.2, 0.25) is 0 Å². The molecule has 3 rings (SSSR count). The first-order valence-corrected chi connectivity index (χ1v) is 8.98. The molecule has 0 spiro atoms. The number of carbonyl (C=O) groups excluding carboxylic acids is 3. The van der Waals surface area contributed by atoms with E-state index in [4.69, 9.17) is 9.15 Å². The van der Waals surface area contributed by atoms with Gasteiger partial charge in [0.2, 0.25) is 5.78 Å². The largest absolute Gasteiger partial charge is 0.459 e. The Kier molecular flexibility index (Phi) is 5.52. The predicted molar refractivity (Wildman–Crippen MR) is 102 cm³/mol. The number of hydrogen-bond donors (Lipinski definition) is 1.